The van der Waals surface area contributed by atoms with E-state index in [1.807, 2.05) is 24.5 Å². The minimum Gasteiger partial charge on any atom is -0.431 e. The first-order chi connectivity index (χ1) is 13.6. The molecule has 3 rings (SSSR count). The number of fused-ring (bicyclic) bond motifs is 1. The van der Waals surface area contributed by atoms with Crippen LogP contribution in [0.25, 0.3) is 11.1 Å². The van der Waals surface area contributed by atoms with E-state index in [1.54, 1.807) is 12.1 Å². The summed E-state index contributed by atoms with van der Waals surface area (Å²) in [5.41, 5.74) is 3.50. The maximum absolute atomic E-state index is 12.7. The first kappa shape index (κ1) is 21.4. The molecule has 0 saturated heterocycles. The number of hydrogen-bond acceptors (Lipinski definition) is 6. The van der Waals surface area contributed by atoms with Gasteiger partial charge in [0.25, 0.3) is 5.22 Å². The molecule has 9 heteroatoms. The molecule has 0 N–H and O–H groups in total. The molecular formula is C20H23N3O4S2. The quantitative estimate of drug-likeness (QED) is 0.306. The van der Waals surface area contributed by atoms with Crippen molar-refractivity contribution >= 4 is 38.7 Å². The lowest BCUT2D eigenvalue weighted by Crippen LogP contribution is -2.22. The molecule has 2 heterocycles. The third-order valence-corrected chi connectivity index (χ3v) is 7.27. The fourth-order valence-corrected chi connectivity index (χ4v) is 4.66. The van der Waals surface area contributed by atoms with Gasteiger partial charge in [-0.05, 0) is 38.1 Å². The minimum atomic E-state index is -3.55. The van der Waals surface area contributed by atoms with Gasteiger partial charge >= 0.3 is 0 Å². The Morgan fingerprint density at radius 2 is 2.03 bits per heavy atom. The summed E-state index contributed by atoms with van der Waals surface area (Å²) in [6.45, 7) is 8.28. The van der Waals surface area contributed by atoms with Crippen LogP contribution in [0.3, 0.4) is 0 Å². The summed E-state index contributed by atoms with van der Waals surface area (Å²) in [5, 5.41) is 0.327. The number of rotatable bonds is 8. The number of thioether (sulfide) groups is 1. The van der Waals surface area contributed by atoms with Crippen LogP contribution in [0.2, 0.25) is 0 Å². The molecule has 3 aromatic rings. The number of hydrogen-bond donors (Lipinski definition) is 0. The minimum absolute atomic E-state index is 0.0171. The normalized spacial score (nSPS) is 12.0. The number of oxazole rings is 1. The zero-order chi connectivity index (χ0) is 21.3. The smallest absolute Gasteiger partial charge is 0.257 e. The van der Waals surface area contributed by atoms with Crippen molar-refractivity contribution in [2.45, 2.75) is 30.5 Å². The van der Waals surface area contributed by atoms with Crippen LogP contribution in [0.5, 0.6) is 0 Å². The number of benzene rings is 1. The zero-order valence-electron chi connectivity index (χ0n) is 16.8. The molecule has 0 amide bonds. The van der Waals surface area contributed by atoms with Crippen LogP contribution in [0.15, 0.2) is 51.5 Å². The maximum atomic E-state index is 12.7. The average molecular weight is 434 g/mol. The SMILES string of the molecule is C=CCn1c(C)cc(C(=O)CSc2nc3cc(S(=O)(=O)N(C)C)ccc3o2)c1C. The van der Waals surface area contributed by atoms with Crippen molar-refractivity contribution in [3.05, 3.63) is 53.9 Å². The second-order valence-corrected chi connectivity index (χ2v) is 9.87. The predicted molar refractivity (Wildman–Crippen MR) is 114 cm³/mol. The van der Waals surface area contributed by atoms with Crippen LogP contribution in [0, 0.1) is 13.8 Å². The molecule has 29 heavy (non-hydrogen) atoms. The monoisotopic (exact) mass is 433 g/mol. The Bertz CT molecular complexity index is 1190. The molecule has 0 saturated carbocycles. The third kappa shape index (κ3) is 4.17. The van der Waals surface area contributed by atoms with Gasteiger partial charge in [0.1, 0.15) is 5.52 Å². The molecule has 0 unspecified atom stereocenters. The van der Waals surface area contributed by atoms with Gasteiger partial charge in [-0.3, -0.25) is 4.79 Å². The molecule has 0 radical (unpaired) electrons. The molecule has 0 spiro atoms. The number of Topliss-reactive ketones (excluding diaryl/α,β-unsaturated/α-hetero) is 1. The lowest BCUT2D eigenvalue weighted by molar-refractivity contribution is 0.102. The highest BCUT2D eigenvalue weighted by molar-refractivity contribution is 7.99. The van der Waals surface area contributed by atoms with E-state index in [2.05, 4.69) is 11.6 Å². The van der Waals surface area contributed by atoms with Crippen LogP contribution in [-0.4, -0.2) is 47.9 Å². The van der Waals surface area contributed by atoms with E-state index in [0.717, 1.165) is 15.7 Å². The van der Waals surface area contributed by atoms with Crippen LogP contribution in [-0.2, 0) is 16.6 Å². The van der Waals surface area contributed by atoms with Crippen LogP contribution < -0.4 is 0 Å². The number of allylic oxidation sites excluding steroid dienone is 1. The van der Waals surface area contributed by atoms with Gasteiger partial charge in [0.2, 0.25) is 10.0 Å². The summed E-state index contributed by atoms with van der Waals surface area (Å²) >= 11 is 1.19. The second-order valence-electron chi connectivity index (χ2n) is 6.79. The van der Waals surface area contributed by atoms with Gasteiger partial charge in [-0.25, -0.2) is 17.7 Å². The Morgan fingerprint density at radius 3 is 2.69 bits per heavy atom. The van der Waals surface area contributed by atoms with Gasteiger partial charge in [0.05, 0.1) is 10.6 Å². The van der Waals surface area contributed by atoms with E-state index in [0.29, 0.717) is 28.4 Å². The zero-order valence-corrected chi connectivity index (χ0v) is 18.4. The molecule has 7 nitrogen and oxygen atoms in total. The summed E-state index contributed by atoms with van der Waals surface area (Å²) in [4.78, 5) is 17.1. The number of aryl methyl sites for hydroxylation is 1. The molecule has 1 aromatic carbocycles. The topological polar surface area (TPSA) is 85.4 Å². The van der Waals surface area contributed by atoms with E-state index in [9.17, 15) is 13.2 Å². The Hall–Kier alpha value is -2.36. The Kier molecular flexibility index (Phi) is 6.02. The van der Waals surface area contributed by atoms with Crippen LogP contribution in [0.4, 0.5) is 0 Å². The van der Waals surface area contributed by atoms with Crippen molar-refractivity contribution in [3.63, 3.8) is 0 Å². The van der Waals surface area contributed by atoms with Crippen molar-refractivity contribution in [2.24, 2.45) is 0 Å². The van der Waals surface area contributed by atoms with Gasteiger partial charge in [0, 0.05) is 37.6 Å². The van der Waals surface area contributed by atoms with Crippen molar-refractivity contribution in [3.8, 4) is 0 Å². The van der Waals surface area contributed by atoms with Gasteiger partial charge < -0.3 is 8.98 Å². The van der Waals surface area contributed by atoms with Crippen LogP contribution in [0.1, 0.15) is 21.7 Å². The largest absolute Gasteiger partial charge is 0.431 e. The average Bonchev–Trinajstić information content (AvgIpc) is 3.21. The fourth-order valence-electron chi connectivity index (χ4n) is 3.02. The number of aromatic nitrogens is 2. The lowest BCUT2D eigenvalue weighted by atomic mass is 10.2. The first-order valence-electron chi connectivity index (χ1n) is 8.92. The Labute approximate surface area is 174 Å². The molecule has 154 valence electrons. The predicted octanol–water partition coefficient (Wildman–Crippen LogP) is 3.66. The van der Waals surface area contributed by atoms with E-state index >= 15 is 0 Å². The van der Waals surface area contributed by atoms with Gasteiger partial charge in [-0.1, -0.05) is 17.8 Å². The summed E-state index contributed by atoms with van der Waals surface area (Å²) in [7, 11) is -0.604. The third-order valence-electron chi connectivity index (χ3n) is 4.63. The molecular weight excluding hydrogens is 410 g/mol. The highest BCUT2D eigenvalue weighted by Gasteiger charge is 2.20. The van der Waals surface area contributed by atoms with Crippen LogP contribution >= 0.6 is 11.8 Å². The van der Waals surface area contributed by atoms with Crippen molar-refractivity contribution in [2.75, 3.05) is 19.8 Å². The summed E-state index contributed by atoms with van der Waals surface area (Å²) < 4.78 is 33.4. The fraction of sp³-hybridized carbons (Fsp3) is 0.300. The van der Waals surface area contributed by atoms with Gasteiger partial charge in [-0.2, -0.15) is 0 Å². The van der Waals surface area contributed by atoms with Gasteiger partial charge in [-0.15, -0.1) is 6.58 Å². The standard InChI is InChI=1S/C20H23N3O4S2/c1-6-9-23-13(2)10-16(14(23)3)18(24)12-28-20-21-17-11-15(7-8-19(17)27-20)29(25,26)22(4)5/h6-8,10-11H,1,9,12H2,2-5H3. The Morgan fingerprint density at radius 1 is 1.31 bits per heavy atom. The molecule has 0 atom stereocenters. The number of ketones is 1. The summed E-state index contributed by atoms with van der Waals surface area (Å²) in [5.74, 6) is 0.158. The number of carbonyl (C=O) groups is 1. The molecule has 0 bridgehead atoms. The second kappa shape index (κ2) is 8.17. The first-order valence-corrected chi connectivity index (χ1v) is 11.3. The molecule has 0 aliphatic rings. The highest BCUT2D eigenvalue weighted by Crippen LogP contribution is 2.27. The highest BCUT2D eigenvalue weighted by atomic mass is 32.2. The number of carbonyl (C=O) groups excluding carboxylic acids is 1. The maximum Gasteiger partial charge on any atom is 0.257 e. The molecule has 0 fully saturated rings. The Balaban J connectivity index is 1.78. The van der Waals surface area contributed by atoms with Crippen molar-refractivity contribution in [1.82, 2.24) is 13.9 Å². The van der Waals surface area contributed by atoms with Gasteiger partial charge in [0.15, 0.2) is 11.4 Å². The molecule has 2 aromatic heterocycles. The number of sulfonamides is 1. The van der Waals surface area contributed by atoms with Crippen molar-refractivity contribution < 1.29 is 17.6 Å². The van der Waals surface area contributed by atoms with E-state index in [1.165, 1.54) is 38.0 Å². The molecule has 0 aliphatic carbocycles. The lowest BCUT2D eigenvalue weighted by Gasteiger charge is -2.10. The number of nitrogens with zero attached hydrogens (tertiary/aromatic N) is 3. The van der Waals surface area contributed by atoms with E-state index in [4.69, 9.17) is 4.42 Å². The van der Waals surface area contributed by atoms with E-state index in [-0.39, 0.29) is 16.4 Å². The van der Waals surface area contributed by atoms with E-state index < -0.39 is 10.0 Å². The molecule has 0 aliphatic heterocycles. The summed E-state index contributed by atoms with van der Waals surface area (Å²) in [6.07, 6.45) is 1.80. The van der Waals surface area contributed by atoms with Crippen molar-refractivity contribution in [1.29, 1.82) is 0 Å². The summed E-state index contributed by atoms with van der Waals surface area (Å²) in [6, 6.07) is 6.42.